The van der Waals surface area contributed by atoms with Crippen LogP contribution in [0.2, 0.25) is 0 Å². The maximum Gasteiger partial charge on any atom is 0.191 e. The molecule has 21 heavy (non-hydrogen) atoms. The van der Waals surface area contributed by atoms with E-state index in [-0.39, 0.29) is 0 Å². The van der Waals surface area contributed by atoms with Crippen molar-refractivity contribution in [2.75, 3.05) is 27.2 Å². The monoisotopic (exact) mass is 288 g/mol. The second kappa shape index (κ2) is 8.03. The molecule has 1 aliphatic rings. The molecule has 0 aliphatic heterocycles. The van der Waals surface area contributed by atoms with Crippen molar-refractivity contribution in [2.45, 2.75) is 32.4 Å². The van der Waals surface area contributed by atoms with Gasteiger partial charge in [-0.15, -0.1) is 0 Å². The predicted octanol–water partition coefficient (Wildman–Crippen LogP) is 2.08. The van der Waals surface area contributed by atoms with Crippen LogP contribution in [0.15, 0.2) is 35.3 Å². The fourth-order valence-corrected chi connectivity index (χ4v) is 2.42. The molecule has 2 rings (SSSR count). The van der Waals surface area contributed by atoms with E-state index in [0.717, 1.165) is 37.9 Å². The van der Waals surface area contributed by atoms with Crippen LogP contribution in [0.1, 0.15) is 25.3 Å². The Labute approximate surface area is 128 Å². The van der Waals surface area contributed by atoms with Gasteiger partial charge in [0.1, 0.15) is 0 Å². The Morgan fingerprint density at radius 2 is 2.05 bits per heavy atom. The van der Waals surface area contributed by atoms with E-state index in [1.54, 1.807) is 0 Å². The molecule has 1 fully saturated rings. The van der Waals surface area contributed by atoms with Crippen LogP contribution in [-0.4, -0.2) is 44.1 Å². The van der Waals surface area contributed by atoms with Crippen molar-refractivity contribution in [1.82, 2.24) is 15.5 Å². The maximum atomic E-state index is 4.27. The van der Waals surface area contributed by atoms with Crippen LogP contribution in [0.4, 0.5) is 0 Å². The molecule has 2 unspecified atom stereocenters. The first-order valence-corrected chi connectivity index (χ1v) is 7.88. The second-order valence-corrected chi connectivity index (χ2v) is 6.04. The maximum absolute atomic E-state index is 4.27. The highest BCUT2D eigenvalue weighted by molar-refractivity contribution is 5.80. The summed E-state index contributed by atoms with van der Waals surface area (Å²) in [6.45, 7) is 5.31. The number of rotatable bonds is 7. The first kappa shape index (κ1) is 15.8. The number of benzene rings is 1. The lowest BCUT2D eigenvalue weighted by molar-refractivity contribution is 0.322. The number of hydrogen-bond donors (Lipinski definition) is 2. The molecule has 0 aromatic heterocycles. The Hall–Kier alpha value is -1.55. The molecule has 1 aromatic rings. The molecule has 4 heteroatoms. The van der Waals surface area contributed by atoms with E-state index >= 15 is 0 Å². The second-order valence-electron chi connectivity index (χ2n) is 6.04. The molecule has 1 aliphatic carbocycles. The summed E-state index contributed by atoms with van der Waals surface area (Å²) in [6, 6.07) is 11.2. The lowest BCUT2D eigenvalue weighted by Crippen LogP contribution is -2.40. The third-order valence-corrected chi connectivity index (χ3v) is 3.96. The summed E-state index contributed by atoms with van der Waals surface area (Å²) in [7, 11) is 4.01. The molecule has 2 N–H and O–H groups in total. The molecule has 4 nitrogen and oxygen atoms in total. The van der Waals surface area contributed by atoms with Gasteiger partial charge in [0.25, 0.3) is 0 Å². The molecule has 0 spiro atoms. The lowest BCUT2D eigenvalue weighted by Gasteiger charge is -2.17. The van der Waals surface area contributed by atoms with Gasteiger partial charge >= 0.3 is 0 Å². The Morgan fingerprint density at radius 1 is 1.33 bits per heavy atom. The van der Waals surface area contributed by atoms with Gasteiger partial charge in [0.2, 0.25) is 0 Å². The quantitative estimate of drug-likeness (QED) is 0.458. The molecule has 0 bridgehead atoms. The van der Waals surface area contributed by atoms with Gasteiger partial charge in [-0.05, 0) is 37.9 Å². The average molecular weight is 288 g/mol. The summed E-state index contributed by atoms with van der Waals surface area (Å²) in [5.41, 5.74) is 1.37. The molecule has 2 atom stereocenters. The van der Waals surface area contributed by atoms with Gasteiger partial charge in [-0.1, -0.05) is 37.3 Å². The number of hydrogen-bond acceptors (Lipinski definition) is 2. The first-order chi connectivity index (χ1) is 10.2. The van der Waals surface area contributed by atoms with Crippen LogP contribution in [-0.2, 0) is 6.54 Å². The zero-order valence-electron chi connectivity index (χ0n) is 13.5. The van der Waals surface area contributed by atoms with Crippen molar-refractivity contribution < 1.29 is 0 Å². The summed E-state index contributed by atoms with van der Waals surface area (Å²) in [5, 5.41) is 6.84. The highest BCUT2D eigenvalue weighted by Crippen LogP contribution is 2.28. The van der Waals surface area contributed by atoms with Gasteiger partial charge in [0, 0.05) is 26.2 Å². The van der Waals surface area contributed by atoms with E-state index in [4.69, 9.17) is 0 Å². The predicted molar refractivity (Wildman–Crippen MR) is 89.5 cm³/mol. The van der Waals surface area contributed by atoms with Crippen molar-refractivity contribution in [3.63, 3.8) is 0 Å². The Balaban J connectivity index is 1.58. The highest BCUT2D eigenvalue weighted by Gasteiger charge is 2.33. The van der Waals surface area contributed by atoms with E-state index in [1.165, 1.54) is 12.0 Å². The van der Waals surface area contributed by atoms with Crippen LogP contribution >= 0.6 is 0 Å². The minimum Gasteiger partial charge on any atom is -0.356 e. The molecular formula is C17H28N4. The Kier molecular flexibility index (Phi) is 6.05. The van der Waals surface area contributed by atoms with Gasteiger partial charge in [-0.25, -0.2) is 0 Å². The standard InChI is InChI=1S/C17H28N4/c1-14-12-16(14)20-17(18-2)19-10-7-11-21(3)13-15-8-5-4-6-9-15/h4-6,8-9,14,16H,7,10-13H2,1-3H3,(H2,18,19,20). The summed E-state index contributed by atoms with van der Waals surface area (Å²) < 4.78 is 0. The summed E-state index contributed by atoms with van der Waals surface area (Å²) in [6.07, 6.45) is 2.38. The molecule has 0 heterocycles. The molecule has 0 amide bonds. The lowest BCUT2D eigenvalue weighted by atomic mass is 10.2. The number of nitrogens with zero attached hydrogens (tertiary/aromatic N) is 2. The minimum atomic E-state index is 0.622. The van der Waals surface area contributed by atoms with Crippen molar-refractivity contribution in [1.29, 1.82) is 0 Å². The number of aliphatic imine (C=N–C) groups is 1. The molecule has 116 valence electrons. The van der Waals surface area contributed by atoms with E-state index < -0.39 is 0 Å². The van der Waals surface area contributed by atoms with E-state index in [2.05, 4.69) is 64.8 Å². The highest BCUT2D eigenvalue weighted by atomic mass is 15.2. The summed E-state index contributed by atoms with van der Waals surface area (Å²) in [4.78, 5) is 6.63. The van der Waals surface area contributed by atoms with Gasteiger partial charge in [-0.3, -0.25) is 4.99 Å². The van der Waals surface area contributed by atoms with Crippen molar-refractivity contribution in [3.8, 4) is 0 Å². The Morgan fingerprint density at radius 3 is 2.67 bits per heavy atom. The topological polar surface area (TPSA) is 39.7 Å². The van der Waals surface area contributed by atoms with E-state index in [9.17, 15) is 0 Å². The largest absolute Gasteiger partial charge is 0.356 e. The zero-order chi connectivity index (χ0) is 15.1. The van der Waals surface area contributed by atoms with Crippen LogP contribution in [0.3, 0.4) is 0 Å². The van der Waals surface area contributed by atoms with Gasteiger partial charge in [-0.2, -0.15) is 0 Å². The molecular weight excluding hydrogens is 260 g/mol. The number of guanidine groups is 1. The zero-order valence-corrected chi connectivity index (χ0v) is 13.5. The van der Waals surface area contributed by atoms with Crippen LogP contribution in [0.25, 0.3) is 0 Å². The molecule has 0 saturated heterocycles. The van der Waals surface area contributed by atoms with Crippen molar-refractivity contribution >= 4 is 5.96 Å². The first-order valence-electron chi connectivity index (χ1n) is 7.88. The van der Waals surface area contributed by atoms with Crippen LogP contribution in [0, 0.1) is 5.92 Å². The fraction of sp³-hybridized carbons (Fsp3) is 0.588. The SMILES string of the molecule is CN=C(NCCCN(C)Cc1ccccc1)NC1CC1C. The van der Waals surface area contributed by atoms with Crippen molar-refractivity contribution in [2.24, 2.45) is 10.9 Å². The van der Waals surface area contributed by atoms with Gasteiger partial charge < -0.3 is 15.5 Å². The average Bonchev–Trinajstić information content (AvgIpc) is 3.18. The fourth-order valence-electron chi connectivity index (χ4n) is 2.42. The molecule has 1 saturated carbocycles. The van der Waals surface area contributed by atoms with Crippen LogP contribution in [0.5, 0.6) is 0 Å². The third-order valence-electron chi connectivity index (χ3n) is 3.96. The van der Waals surface area contributed by atoms with E-state index in [1.807, 2.05) is 7.05 Å². The van der Waals surface area contributed by atoms with E-state index in [0.29, 0.717) is 6.04 Å². The Bertz CT molecular complexity index is 443. The molecule has 1 aromatic carbocycles. The number of nitrogens with one attached hydrogen (secondary N) is 2. The van der Waals surface area contributed by atoms with Crippen molar-refractivity contribution in [3.05, 3.63) is 35.9 Å². The summed E-state index contributed by atoms with van der Waals surface area (Å²) in [5.74, 6) is 1.73. The van der Waals surface area contributed by atoms with Crippen LogP contribution < -0.4 is 10.6 Å². The minimum absolute atomic E-state index is 0.622. The smallest absolute Gasteiger partial charge is 0.191 e. The van der Waals surface area contributed by atoms with Gasteiger partial charge in [0.15, 0.2) is 5.96 Å². The summed E-state index contributed by atoms with van der Waals surface area (Å²) >= 11 is 0. The normalized spacial score (nSPS) is 21.4. The third kappa shape index (κ3) is 5.76. The van der Waals surface area contributed by atoms with Gasteiger partial charge in [0.05, 0.1) is 0 Å². The molecule has 0 radical (unpaired) electrons.